The second-order valence-corrected chi connectivity index (χ2v) is 7.40. The molecule has 6 nitrogen and oxygen atoms in total. The summed E-state index contributed by atoms with van der Waals surface area (Å²) in [6.45, 7) is 5.59. The van der Waals surface area contributed by atoms with Crippen molar-refractivity contribution in [1.82, 2.24) is 0 Å². The third-order valence-corrected chi connectivity index (χ3v) is 5.00. The van der Waals surface area contributed by atoms with Gasteiger partial charge >= 0.3 is 0 Å². The molecule has 0 amide bonds. The number of rotatable bonds is 5. The summed E-state index contributed by atoms with van der Waals surface area (Å²) >= 11 is 5.59. The highest BCUT2D eigenvalue weighted by Gasteiger charge is 2.20. The van der Waals surface area contributed by atoms with Crippen LogP contribution in [0.4, 0.5) is 11.4 Å². The van der Waals surface area contributed by atoms with E-state index in [1.165, 1.54) is 6.07 Å². The van der Waals surface area contributed by atoms with Crippen molar-refractivity contribution >= 4 is 40.0 Å². The maximum Gasteiger partial charge on any atom is 0.272 e. The molecule has 0 aliphatic rings. The van der Waals surface area contributed by atoms with Crippen LogP contribution in [0.1, 0.15) is 22.3 Å². The number of aryl methyl sites for hydroxylation is 3. The molecule has 0 unspecified atom stereocenters. The van der Waals surface area contributed by atoms with E-state index in [1.807, 2.05) is 38.1 Å². The molecular formula is C23H21N3O3S. The van der Waals surface area contributed by atoms with Gasteiger partial charge in [-0.15, -0.1) is 0 Å². The summed E-state index contributed by atoms with van der Waals surface area (Å²) in [6, 6.07) is 15.7. The number of anilines is 1. The molecule has 0 saturated carbocycles. The van der Waals surface area contributed by atoms with Gasteiger partial charge in [-0.1, -0.05) is 48.1 Å². The number of pyridine rings is 1. The second kappa shape index (κ2) is 8.84. The fourth-order valence-corrected chi connectivity index (χ4v) is 3.41. The number of hydrogen-bond donors (Lipinski definition) is 1. The molecule has 0 fully saturated rings. The molecule has 0 bridgehead atoms. The van der Waals surface area contributed by atoms with Gasteiger partial charge in [-0.2, -0.15) is 4.57 Å². The Morgan fingerprint density at radius 2 is 1.70 bits per heavy atom. The van der Waals surface area contributed by atoms with Crippen molar-refractivity contribution < 1.29 is 14.6 Å². The van der Waals surface area contributed by atoms with Gasteiger partial charge in [0.25, 0.3) is 5.69 Å². The van der Waals surface area contributed by atoms with E-state index in [1.54, 1.807) is 48.1 Å². The van der Waals surface area contributed by atoms with Crippen molar-refractivity contribution in [2.45, 2.75) is 20.8 Å². The minimum absolute atomic E-state index is 0.105. The number of hydrogen-bond acceptors (Lipinski definition) is 4. The number of nitro groups is 1. The predicted octanol–water partition coefficient (Wildman–Crippen LogP) is 3.93. The largest absolute Gasteiger partial charge is 0.867 e. The van der Waals surface area contributed by atoms with Crippen LogP contribution in [-0.2, 0) is 0 Å². The molecule has 1 N–H and O–H groups in total. The Morgan fingerprint density at radius 1 is 1.00 bits per heavy atom. The number of nitrogens with zero attached hydrogens (tertiary/aromatic N) is 2. The van der Waals surface area contributed by atoms with E-state index in [9.17, 15) is 15.2 Å². The van der Waals surface area contributed by atoms with E-state index in [2.05, 4.69) is 5.32 Å². The first-order chi connectivity index (χ1) is 14.3. The van der Waals surface area contributed by atoms with E-state index in [-0.39, 0.29) is 21.9 Å². The summed E-state index contributed by atoms with van der Waals surface area (Å²) in [6.07, 6.45) is 3.43. The molecule has 0 radical (unpaired) electrons. The molecule has 30 heavy (non-hydrogen) atoms. The molecule has 0 saturated heterocycles. The highest BCUT2D eigenvalue weighted by molar-refractivity contribution is 7.81. The van der Waals surface area contributed by atoms with Crippen LogP contribution in [0.3, 0.4) is 0 Å². The van der Waals surface area contributed by atoms with E-state index < -0.39 is 10.7 Å². The Kier molecular flexibility index (Phi) is 6.23. The zero-order chi connectivity index (χ0) is 21.8. The average Bonchev–Trinajstić information content (AvgIpc) is 2.71. The van der Waals surface area contributed by atoms with E-state index in [4.69, 9.17) is 12.2 Å². The fraction of sp³-hybridized carbons (Fsp3) is 0.130. The van der Waals surface area contributed by atoms with E-state index in [0.29, 0.717) is 5.56 Å². The Hall–Kier alpha value is -3.58. The van der Waals surface area contributed by atoms with Gasteiger partial charge in [0, 0.05) is 29.4 Å². The zero-order valence-corrected chi connectivity index (χ0v) is 17.7. The first kappa shape index (κ1) is 21.1. The summed E-state index contributed by atoms with van der Waals surface area (Å²) in [5.74, 6) is -0.406. The Bertz CT molecular complexity index is 1160. The molecule has 0 spiro atoms. The standard InChI is InChI=1S/C23H21N3O3S/c1-15-7-10-19(17(3)13-15)24-23(30)21(25-11-5-4-6-12-25)22(27)18-9-8-16(2)20(14-18)26(28)29/h4-14H,1-3H3,(H-,24,27,30). The Labute approximate surface area is 180 Å². The van der Waals surface area contributed by atoms with Gasteiger partial charge in [-0.25, -0.2) is 0 Å². The third-order valence-electron chi connectivity index (χ3n) is 4.70. The van der Waals surface area contributed by atoms with Crippen molar-refractivity contribution in [3.05, 3.63) is 99.4 Å². The molecule has 0 aliphatic carbocycles. The van der Waals surface area contributed by atoms with Gasteiger partial charge in [-0.05, 0) is 43.7 Å². The van der Waals surface area contributed by atoms with Crippen LogP contribution in [-0.4, -0.2) is 9.91 Å². The van der Waals surface area contributed by atoms with Crippen molar-refractivity contribution in [1.29, 1.82) is 0 Å². The van der Waals surface area contributed by atoms with Crippen LogP contribution >= 0.6 is 12.2 Å². The first-order valence-corrected chi connectivity index (χ1v) is 9.70. The molecule has 3 aromatic rings. The van der Waals surface area contributed by atoms with Gasteiger partial charge in [-0.3, -0.25) is 10.1 Å². The maximum atomic E-state index is 13.4. The Morgan fingerprint density at radius 3 is 2.33 bits per heavy atom. The molecule has 0 atom stereocenters. The van der Waals surface area contributed by atoms with Crippen molar-refractivity contribution in [3.63, 3.8) is 0 Å². The van der Waals surface area contributed by atoms with Gasteiger partial charge in [0.15, 0.2) is 17.4 Å². The molecule has 2 aromatic carbocycles. The molecule has 0 aliphatic heterocycles. The highest BCUT2D eigenvalue weighted by Crippen LogP contribution is 2.25. The number of thiocarbonyl (C=S) groups is 1. The lowest BCUT2D eigenvalue weighted by Gasteiger charge is -2.18. The van der Waals surface area contributed by atoms with E-state index in [0.717, 1.165) is 16.8 Å². The number of nitrogens with one attached hydrogen (secondary N) is 1. The molecule has 152 valence electrons. The van der Waals surface area contributed by atoms with Crippen molar-refractivity contribution in [3.8, 4) is 0 Å². The molecule has 1 aromatic heterocycles. The summed E-state index contributed by atoms with van der Waals surface area (Å²) in [4.78, 5) is 11.1. The Balaban J connectivity index is 2.12. The summed E-state index contributed by atoms with van der Waals surface area (Å²) in [5.41, 5.74) is 3.70. The lowest BCUT2D eigenvalue weighted by Crippen LogP contribution is -2.39. The van der Waals surface area contributed by atoms with Crippen molar-refractivity contribution in [2.24, 2.45) is 0 Å². The lowest BCUT2D eigenvalue weighted by atomic mass is 10.1. The summed E-state index contributed by atoms with van der Waals surface area (Å²) in [5, 5.41) is 27.9. The van der Waals surface area contributed by atoms with Crippen LogP contribution in [0.5, 0.6) is 0 Å². The van der Waals surface area contributed by atoms with Crippen LogP contribution in [0.2, 0.25) is 0 Å². The third kappa shape index (κ3) is 4.52. The topological polar surface area (TPSA) is 82.1 Å². The lowest BCUT2D eigenvalue weighted by molar-refractivity contribution is -0.577. The quantitative estimate of drug-likeness (QED) is 0.169. The monoisotopic (exact) mass is 419 g/mol. The van der Waals surface area contributed by atoms with E-state index >= 15 is 0 Å². The maximum absolute atomic E-state index is 13.4. The second-order valence-electron chi connectivity index (χ2n) is 6.99. The minimum atomic E-state index is -0.492. The van der Waals surface area contributed by atoms with Gasteiger partial charge in [0.2, 0.25) is 5.70 Å². The predicted molar refractivity (Wildman–Crippen MR) is 120 cm³/mol. The van der Waals surface area contributed by atoms with Crippen LogP contribution in [0.15, 0.2) is 67.0 Å². The zero-order valence-electron chi connectivity index (χ0n) is 16.9. The first-order valence-electron chi connectivity index (χ1n) is 9.30. The SMILES string of the molecule is Cc1ccc(NC(=S)C(=C([O-])c2ccc(C)c([N+](=O)[O-])c2)[n+]2ccccc2)c(C)c1. The molecule has 7 heteroatoms. The molecular weight excluding hydrogens is 398 g/mol. The van der Waals surface area contributed by atoms with Gasteiger partial charge in [0.1, 0.15) is 0 Å². The number of aromatic nitrogens is 1. The van der Waals surface area contributed by atoms with Crippen molar-refractivity contribution in [2.75, 3.05) is 5.32 Å². The average molecular weight is 420 g/mol. The summed E-state index contributed by atoms with van der Waals surface area (Å²) < 4.78 is 1.62. The fourth-order valence-electron chi connectivity index (χ4n) is 3.10. The minimum Gasteiger partial charge on any atom is -0.867 e. The van der Waals surface area contributed by atoms with Gasteiger partial charge in [0.05, 0.1) is 4.92 Å². The molecule has 3 rings (SSSR count). The number of benzene rings is 2. The normalized spacial score (nSPS) is 11.6. The van der Waals surface area contributed by atoms with Crippen LogP contribution in [0.25, 0.3) is 11.5 Å². The van der Waals surface area contributed by atoms with Crippen LogP contribution in [0, 0.1) is 30.9 Å². The van der Waals surface area contributed by atoms with Gasteiger partial charge < -0.3 is 10.4 Å². The summed E-state index contributed by atoms with van der Waals surface area (Å²) in [7, 11) is 0. The smallest absolute Gasteiger partial charge is 0.272 e. The highest BCUT2D eigenvalue weighted by atomic mass is 32.1. The molecule has 1 heterocycles. The van der Waals surface area contributed by atoms with Crippen LogP contribution < -0.4 is 15.0 Å². The number of nitro benzene ring substituents is 1.